The lowest BCUT2D eigenvalue weighted by atomic mass is 9.89. The Morgan fingerprint density at radius 1 is 1.21 bits per heavy atom. The number of carbonyl (C=O) groups excluding carboxylic acids is 2. The maximum Gasteiger partial charge on any atom is 0.272 e. The van der Waals surface area contributed by atoms with Gasteiger partial charge < -0.3 is 14.9 Å². The summed E-state index contributed by atoms with van der Waals surface area (Å²) in [4.78, 5) is 28.9. The van der Waals surface area contributed by atoms with Gasteiger partial charge in [-0.25, -0.2) is 5.48 Å². The Labute approximate surface area is 173 Å². The number of carbonyl (C=O) groups is 2. The van der Waals surface area contributed by atoms with E-state index in [9.17, 15) is 14.7 Å². The van der Waals surface area contributed by atoms with E-state index in [1.165, 1.54) is 11.0 Å². The number of rotatable bonds is 8. The van der Waals surface area contributed by atoms with Gasteiger partial charge in [0.1, 0.15) is 6.10 Å². The molecule has 2 amide bonds. The van der Waals surface area contributed by atoms with Crippen LogP contribution in [0.15, 0.2) is 24.3 Å². The molecule has 1 aromatic rings. The number of aryl methyl sites for hydroxylation is 1. The van der Waals surface area contributed by atoms with Crippen LogP contribution in [0.25, 0.3) is 0 Å². The first-order chi connectivity index (χ1) is 13.8. The third kappa shape index (κ3) is 5.93. The minimum atomic E-state index is -1.56. The minimum absolute atomic E-state index is 0.0504. The van der Waals surface area contributed by atoms with Crippen molar-refractivity contribution in [1.82, 2.24) is 10.4 Å². The Balaban J connectivity index is 2.07. The average Bonchev–Trinajstić information content (AvgIpc) is 2.71. The zero-order valence-electron chi connectivity index (χ0n) is 18.0. The lowest BCUT2D eigenvalue weighted by molar-refractivity contribution is -0.152. The largest absolute Gasteiger partial charge is 0.382 e. The van der Waals surface area contributed by atoms with Crippen molar-refractivity contribution in [2.45, 2.75) is 59.1 Å². The van der Waals surface area contributed by atoms with Crippen LogP contribution in [0.5, 0.6) is 0 Å². The summed E-state index contributed by atoms with van der Waals surface area (Å²) in [5.41, 5.74) is 3.93. The van der Waals surface area contributed by atoms with Gasteiger partial charge in [-0.3, -0.25) is 14.8 Å². The number of nitrogens with one attached hydrogen (secondary N) is 1. The van der Waals surface area contributed by atoms with Crippen LogP contribution in [0.3, 0.4) is 0 Å². The standard InChI is InChI=1S/C22H35N3O4/c1-5-6-17-7-9-18(10-8-17)24-11-12-25(16(4)14-24)22(28)19(13-15(2)3)20(26)21(27)23-29/h7-10,15-16,19-20,26,29H,5-6,11-14H2,1-4H3,(H,23,27)/t16-,19+,20+/m1/s1. The highest BCUT2D eigenvalue weighted by atomic mass is 16.5. The third-order valence-corrected chi connectivity index (χ3v) is 5.55. The molecule has 0 aromatic heterocycles. The number of hydrogen-bond acceptors (Lipinski definition) is 5. The SMILES string of the molecule is CCCc1ccc(N2CCN(C(=O)[C@@H](CC(C)C)[C@H](O)C(=O)NO)[C@H](C)C2)cc1. The molecule has 162 valence electrons. The molecule has 0 aliphatic carbocycles. The molecule has 29 heavy (non-hydrogen) atoms. The Kier molecular flexibility index (Phi) is 8.46. The van der Waals surface area contributed by atoms with Crippen molar-refractivity contribution < 1.29 is 19.9 Å². The molecule has 2 rings (SSSR count). The van der Waals surface area contributed by atoms with Gasteiger partial charge in [-0.2, -0.15) is 0 Å². The average molecular weight is 406 g/mol. The van der Waals surface area contributed by atoms with Crippen LogP contribution in [0, 0.1) is 11.8 Å². The molecule has 3 atom stereocenters. The lowest BCUT2D eigenvalue weighted by Gasteiger charge is -2.42. The fourth-order valence-corrected chi connectivity index (χ4v) is 4.02. The predicted molar refractivity (Wildman–Crippen MR) is 113 cm³/mol. The maximum absolute atomic E-state index is 13.2. The van der Waals surface area contributed by atoms with E-state index in [1.54, 1.807) is 4.90 Å². The van der Waals surface area contributed by atoms with Gasteiger partial charge in [-0.05, 0) is 43.4 Å². The number of nitrogens with zero attached hydrogens (tertiary/aromatic N) is 2. The van der Waals surface area contributed by atoms with Crippen LogP contribution in [-0.2, 0) is 16.0 Å². The summed E-state index contributed by atoms with van der Waals surface area (Å²) < 4.78 is 0. The molecule has 7 heteroatoms. The predicted octanol–water partition coefficient (Wildman–Crippen LogP) is 2.20. The molecule has 0 saturated carbocycles. The summed E-state index contributed by atoms with van der Waals surface area (Å²) in [5.74, 6) is -1.92. The normalized spacial score (nSPS) is 19.2. The molecule has 0 unspecified atom stereocenters. The fraction of sp³-hybridized carbons (Fsp3) is 0.636. The van der Waals surface area contributed by atoms with E-state index in [0.29, 0.717) is 26.1 Å². The van der Waals surface area contributed by atoms with Crippen molar-refractivity contribution in [2.75, 3.05) is 24.5 Å². The van der Waals surface area contributed by atoms with E-state index in [2.05, 4.69) is 36.1 Å². The summed E-state index contributed by atoms with van der Waals surface area (Å²) in [5, 5.41) is 19.1. The van der Waals surface area contributed by atoms with Crippen molar-refractivity contribution in [3.05, 3.63) is 29.8 Å². The summed E-state index contributed by atoms with van der Waals surface area (Å²) >= 11 is 0. The highest BCUT2D eigenvalue weighted by Gasteiger charge is 2.38. The lowest BCUT2D eigenvalue weighted by Crippen LogP contribution is -2.57. The molecular weight excluding hydrogens is 370 g/mol. The topological polar surface area (TPSA) is 93.1 Å². The number of hydroxylamine groups is 1. The number of benzene rings is 1. The smallest absolute Gasteiger partial charge is 0.272 e. The van der Waals surface area contributed by atoms with Gasteiger partial charge in [0.15, 0.2) is 0 Å². The van der Waals surface area contributed by atoms with Gasteiger partial charge in [-0.15, -0.1) is 0 Å². The van der Waals surface area contributed by atoms with Crippen LogP contribution >= 0.6 is 0 Å². The molecule has 0 spiro atoms. The molecule has 7 nitrogen and oxygen atoms in total. The Bertz CT molecular complexity index is 677. The second kappa shape index (κ2) is 10.6. The molecule has 1 aromatic carbocycles. The number of aliphatic hydroxyl groups is 1. The van der Waals surface area contributed by atoms with E-state index in [4.69, 9.17) is 5.21 Å². The van der Waals surface area contributed by atoms with Gasteiger partial charge in [0, 0.05) is 31.4 Å². The zero-order valence-corrected chi connectivity index (χ0v) is 18.0. The second-order valence-corrected chi connectivity index (χ2v) is 8.40. The quantitative estimate of drug-likeness (QED) is 0.455. The molecule has 0 radical (unpaired) electrons. The van der Waals surface area contributed by atoms with E-state index in [1.807, 2.05) is 20.8 Å². The van der Waals surface area contributed by atoms with Gasteiger partial charge >= 0.3 is 0 Å². The van der Waals surface area contributed by atoms with Gasteiger partial charge in [0.05, 0.1) is 5.92 Å². The number of hydrogen-bond donors (Lipinski definition) is 3. The third-order valence-electron chi connectivity index (χ3n) is 5.55. The van der Waals surface area contributed by atoms with Crippen LogP contribution in [-0.4, -0.2) is 58.8 Å². The summed E-state index contributed by atoms with van der Waals surface area (Å²) in [6.45, 7) is 9.94. The molecule has 1 aliphatic heterocycles. The van der Waals surface area contributed by atoms with E-state index < -0.39 is 17.9 Å². The van der Waals surface area contributed by atoms with Crippen LogP contribution in [0.2, 0.25) is 0 Å². The molecule has 1 saturated heterocycles. The van der Waals surface area contributed by atoms with Gasteiger partial charge in [0.25, 0.3) is 5.91 Å². The molecule has 0 bridgehead atoms. The first-order valence-corrected chi connectivity index (χ1v) is 10.5. The number of aliphatic hydroxyl groups excluding tert-OH is 1. The number of piperazine rings is 1. The Morgan fingerprint density at radius 3 is 2.38 bits per heavy atom. The van der Waals surface area contributed by atoms with Crippen molar-refractivity contribution in [3.8, 4) is 0 Å². The molecule has 1 fully saturated rings. The number of anilines is 1. The monoisotopic (exact) mass is 405 g/mol. The second-order valence-electron chi connectivity index (χ2n) is 8.40. The Hall–Kier alpha value is -2.12. The zero-order chi connectivity index (χ0) is 21.6. The molecule has 1 aliphatic rings. The van der Waals surface area contributed by atoms with E-state index >= 15 is 0 Å². The maximum atomic E-state index is 13.2. The summed E-state index contributed by atoms with van der Waals surface area (Å²) in [6, 6.07) is 8.52. The number of amides is 2. The summed E-state index contributed by atoms with van der Waals surface area (Å²) in [7, 11) is 0. The van der Waals surface area contributed by atoms with Crippen molar-refractivity contribution >= 4 is 17.5 Å². The van der Waals surface area contributed by atoms with E-state index in [-0.39, 0.29) is 17.9 Å². The van der Waals surface area contributed by atoms with Gasteiger partial charge in [-0.1, -0.05) is 39.3 Å². The van der Waals surface area contributed by atoms with Crippen LogP contribution in [0.1, 0.15) is 46.1 Å². The molecule has 3 N–H and O–H groups in total. The van der Waals surface area contributed by atoms with Gasteiger partial charge in [0.2, 0.25) is 5.91 Å². The summed E-state index contributed by atoms with van der Waals surface area (Å²) in [6.07, 6.45) is 1.000. The fourth-order valence-electron chi connectivity index (χ4n) is 4.02. The first kappa shape index (κ1) is 23.2. The Morgan fingerprint density at radius 2 is 1.86 bits per heavy atom. The van der Waals surface area contributed by atoms with Crippen LogP contribution < -0.4 is 10.4 Å². The first-order valence-electron chi connectivity index (χ1n) is 10.5. The van der Waals surface area contributed by atoms with Crippen LogP contribution in [0.4, 0.5) is 5.69 Å². The highest BCUT2D eigenvalue weighted by Crippen LogP contribution is 2.25. The molecular formula is C22H35N3O4. The van der Waals surface area contributed by atoms with E-state index in [0.717, 1.165) is 18.5 Å². The highest BCUT2D eigenvalue weighted by molar-refractivity contribution is 5.89. The van der Waals surface area contributed by atoms with Crippen molar-refractivity contribution in [2.24, 2.45) is 11.8 Å². The van der Waals surface area contributed by atoms with Crippen molar-refractivity contribution in [3.63, 3.8) is 0 Å². The molecule has 1 heterocycles. The minimum Gasteiger partial charge on any atom is -0.382 e. The van der Waals surface area contributed by atoms with Crippen molar-refractivity contribution in [1.29, 1.82) is 0 Å².